The second-order valence-electron chi connectivity index (χ2n) is 5.16. The lowest BCUT2D eigenvalue weighted by atomic mass is 10.2. The summed E-state index contributed by atoms with van der Waals surface area (Å²) in [7, 11) is 2.92. The second kappa shape index (κ2) is 6.57. The first-order valence-corrected chi connectivity index (χ1v) is 7.34. The lowest BCUT2D eigenvalue weighted by Gasteiger charge is -2.09. The third-order valence-corrected chi connectivity index (χ3v) is 3.48. The van der Waals surface area contributed by atoms with Crippen LogP contribution < -0.4 is 10.1 Å². The van der Waals surface area contributed by atoms with Gasteiger partial charge in [0.1, 0.15) is 17.0 Å². The molecule has 1 aromatic carbocycles. The monoisotopic (exact) mass is 327 g/mol. The van der Waals surface area contributed by atoms with Gasteiger partial charge in [-0.2, -0.15) is 4.98 Å². The maximum Gasteiger partial charge on any atom is 0.360 e. The Kier molecular flexibility index (Phi) is 4.33. The number of rotatable bonds is 5. The van der Waals surface area contributed by atoms with Gasteiger partial charge in [0.25, 0.3) is 0 Å². The van der Waals surface area contributed by atoms with E-state index in [0.29, 0.717) is 29.4 Å². The Bertz CT molecular complexity index is 871. The van der Waals surface area contributed by atoms with Crippen molar-refractivity contribution in [3.8, 4) is 5.75 Å². The molecule has 124 valence electrons. The van der Waals surface area contributed by atoms with Crippen molar-refractivity contribution in [2.75, 3.05) is 19.5 Å². The minimum Gasteiger partial charge on any atom is -0.497 e. The van der Waals surface area contributed by atoms with E-state index in [2.05, 4.69) is 15.3 Å². The van der Waals surface area contributed by atoms with E-state index in [1.807, 2.05) is 24.3 Å². The Labute approximate surface area is 138 Å². The number of nitrogens with one attached hydrogen (secondary N) is 1. The number of anilines is 1. The van der Waals surface area contributed by atoms with Crippen molar-refractivity contribution < 1.29 is 18.7 Å². The van der Waals surface area contributed by atoms with Gasteiger partial charge in [0.15, 0.2) is 11.5 Å². The summed E-state index contributed by atoms with van der Waals surface area (Å²) in [5, 5.41) is 3.11. The third kappa shape index (κ3) is 3.15. The Hall–Kier alpha value is -3.09. The molecule has 0 bridgehead atoms. The van der Waals surface area contributed by atoms with Gasteiger partial charge >= 0.3 is 5.97 Å². The number of fused-ring (bicyclic) bond motifs is 1. The highest BCUT2D eigenvalue weighted by Gasteiger charge is 2.18. The fourth-order valence-electron chi connectivity index (χ4n) is 2.27. The number of methoxy groups -OCH3 is 2. The molecule has 0 amide bonds. The standard InChI is InChI=1S/C17H17N3O4/c1-10-8-13-16(24-10)20-15(14(19-13)17(21)23-3)18-9-11-4-6-12(22-2)7-5-11/h4-8H,9H2,1-3H3,(H,18,20). The van der Waals surface area contributed by atoms with Crippen LogP contribution in [0.5, 0.6) is 5.75 Å². The summed E-state index contributed by atoms with van der Waals surface area (Å²) in [6, 6.07) is 9.30. The molecular formula is C17H17N3O4. The molecular weight excluding hydrogens is 310 g/mol. The number of aromatic nitrogens is 2. The van der Waals surface area contributed by atoms with Gasteiger partial charge in [0.05, 0.1) is 14.2 Å². The summed E-state index contributed by atoms with van der Waals surface area (Å²) in [5.41, 5.74) is 2.02. The van der Waals surface area contributed by atoms with Crippen molar-refractivity contribution in [3.05, 3.63) is 47.3 Å². The van der Waals surface area contributed by atoms with Crippen LogP contribution in [0.15, 0.2) is 34.7 Å². The highest BCUT2D eigenvalue weighted by molar-refractivity contribution is 5.94. The van der Waals surface area contributed by atoms with Gasteiger partial charge in [-0.1, -0.05) is 12.1 Å². The fourth-order valence-corrected chi connectivity index (χ4v) is 2.27. The van der Waals surface area contributed by atoms with E-state index in [1.165, 1.54) is 7.11 Å². The van der Waals surface area contributed by atoms with Crippen molar-refractivity contribution in [2.24, 2.45) is 0 Å². The first-order valence-electron chi connectivity index (χ1n) is 7.34. The van der Waals surface area contributed by atoms with E-state index in [4.69, 9.17) is 13.9 Å². The van der Waals surface area contributed by atoms with Crippen molar-refractivity contribution in [1.29, 1.82) is 0 Å². The molecule has 0 spiro atoms. The number of carbonyl (C=O) groups excluding carboxylic acids is 1. The zero-order valence-corrected chi connectivity index (χ0v) is 13.6. The molecule has 0 aliphatic carbocycles. The number of hydrogen-bond acceptors (Lipinski definition) is 7. The average molecular weight is 327 g/mol. The predicted molar refractivity (Wildman–Crippen MR) is 88.2 cm³/mol. The van der Waals surface area contributed by atoms with Crippen LogP contribution in [0.3, 0.4) is 0 Å². The van der Waals surface area contributed by atoms with Crippen molar-refractivity contribution in [3.63, 3.8) is 0 Å². The molecule has 7 heteroatoms. The Morgan fingerprint density at radius 1 is 1.21 bits per heavy atom. The highest BCUT2D eigenvalue weighted by atomic mass is 16.5. The molecule has 0 atom stereocenters. The van der Waals surface area contributed by atoms with E-state index in [0.717, 1.165) is 11.3 Å². The topological polar surface area (TPSA) is 86.5 Å². The number of carbonyl (C=O) groups is 1. The summed E-state index contributed by atoms with van der Waals surface area (Å²) < 4.78 is 15.4. The Balaban J connectivity index is 1.89. The minimum absolute atomic E-state index is 0.124. The van der Waals surface area contributed by atoms with Crippen LogP contribution in [0.2, 0.25) is 0 Å². The molecule has 24 heavy (non-hydrogen) atoms. The van der Waals surface area contributed by atoms with Crippen molar-refractivity contribution >= 4 is 23.0 Å². The summed E-state index contributed by atoms with van der Waals surface area (Å²) in [6.45, 7) is 2.26. The van der Waals surface area contributed by atoms with Gasteiger partial charge in [-0.15, -0.1) is 0 Å². The minimum atomic E-state index is -0.555. The van der Waals surface area contributed by atoms with Crippen LogP contribution in [0.4, 0.5) is 5.82 Å². The predicted octanol–water partition coefficient (Wildman–Crippen LogP) is 2.94. The molecule has 0 unspecified atom stereocenters. The summed E-state index contributed by atoms with van der Waals surface area (Å²) in [5.74, 6) is 1.22. The largest absolute Gasteiger partial charge is 0.497 e. The zero-order valence-electron chi connectivity index (χ0n) is 13.6. The molecule has 0 aliphatic rings. The third-order valence-electron chi connectivity index (χ3n) is 3.48. The number of ether oxygens (including phenoxy) is 2. The molecule has 2 heterocycles. The Morgan fingerprint density at radius 2 is 1.96 bits per heavy atom. The van der Waals surface area contributed by atoms with Gasteiger partial charge < -0.3 is 19.2 Å². The van der Waals surface area contributed by atoms with Gasteiger partial charge in [-0.3, -0.25) is 0 Å². The SMILES string of the molecule is COC(=O)c1nc2cc(C)oc2nc1NCc1ccc(OC)cc1. The van der Waals surface area contributed by atoms with Crippen LogP contribution in [0, 0.1) is 6.92 Å². The van der Waals surface area contributed by atoms with Gasteiger partial charge in [-0.25, -0.2) is 9.78 Å². The van der Waals surface area contributed by atoms with Crippen LogP contribution in [-0.4, -0.2) is 30.2 Å². The molecule has 0 saturated heterocycles. The smallest absolute Gasteiger partial charge is 0.360 e. The van der Waals surface area contributed by atoms with E-state index in [9.17, 15) is 4.79 Å². The molecule has 3 rings (SSSR count). The maximum atomic E-state index is 12.0. The number of benzene rings is 1. The summed E-state index contributed by atoms with van der Waals surface area (Å²) in [4.78, 5) is 20.6. The highest BCUT2D eigenvalue weighted by Crippen LogP contribution is 2.21. The van der Waals surface area contributed by atoms with Crippen molar-refractivity contribution in [1.82, 2.24) is 9.97 Å². The number of esters is 1. The number of nitrogens with zero attached hydrogens (tertiary/aromatic N) is 2. The lowest BCUT2D eigenvalue weighted by Crippen LogP contribution is -2.12. The Morgan fingerprint density at radius 3 is 2.62 bits per heavy atom. The molecule has 2 aromatic heterocycles. The number of aryl methyl sites for hydroxylation is 1. The molecule has 1 N–H and O–H groups in total. The quantitative estimate of drug-likeness (QED) is 0.721. The van der Waals surface area contributed by atoms with Gasteiger partial charge in [0, 0.05) is 12.6 Å². The van der Waals surface area contributed by atoms with Crippen LogP contribution in [0.1, 0.15) is 21.8 Å². The van der Waals surface area contributed by atoms with Crippen LogP contribution in [0.25, 0.3) is 11.2 Å². The van der Waals surface area contributed by atoms with E-state index < -0.39 is 5.97 Å². The average Bonchev–Trinajstić information content (AvgIpc) is 2.97. The lowest BCUT2D eigenvalue weighted by molar-refractivity contribution is 0.0595. The molecule has 0 saturated carbocycles. The van der Waals surface area contributed by atoms with Crippen molar-refractivity contribution in [2.45, 2.75) is 13.5 Å². The van der Waals surface area contributed by atoms with Gasteiger partial charge in [-0.05, 0) is 24.6 Å². The normalized spacial score (nSPS) is 10.6. The molecule has 3 aromatic rings. The summed E-state index contributed by atoms with van der Waals surface area (Å²) in [6.07, 6.45) is 0. The number of hydrogen-bond donors (Lipinski definition) is 1. The number of furan rings is 1. The van der Waals surface area contributed by atoms with Crippen LogP contribution in [-0.2, 0) is 11.3 Å². The molecule has 0 fully saturated rings. The first-order chi connectivity index (χ1) is 11.6. The summed E-state index contributed by atoms with van der Waals surface area (Å²) >= 11 is 0. The zero-order chi connectivity index (χ0) is 17.1. The van der Waals surface area contributed by atoms with E-state index in [1.54, 1.807) is 20.1 Å². The molecule has 0 aliphatic heterocycles. The molecule has 7 nitrogen and oxygen atoms in total. The second-order valence-corrected chi connectivity index (χ2v) is 5.16. The fraction of sp³-hybridized carbons (Fsp3) is 0.235. The maximum absolute atomic E-state index is 12.0. The van der Waals surface area contributed by atoms with Crippen LogP contribution >= 0.6 is 0 Å². The van der Waals surface area contributed by atoms with Gasteiger partial charge in [0.2, 0.25) is 5.71 Å². The molecule has 0 radical (unpaired) electrons. The van der Waals surface area contributed by atoms with E-state index >= 15 is 0 Å². The van der Waals surface area contributed by atoms with E-state index in [-0.39, 0.29) is 5.69 Å². The first kappa shape index (κ1) is 15.8.